The summed E-state index contributed by atoms with van der Waals surface area (Å²) in [4.78, 5) is 29.2. The van der Waals surface area contributed by atoms with E-state index in [0.717, 1.165) is 20.4 Å². The molecule has 7 heteroatoms. The zero-order valence-electron chi connectivity index (χ0n) is 13.7. The van der Waals surface area contributed by atoms with Crippen molar-refractivity contribution >= 4 is 43.5 Å². The van der Waals surface area contributed by atoms with Crippen LogP contribution in [0, 0.1) is 0 Å². The molecule has 1 N–H and O–H groups in total. The first-order valence-electron chi connectivity index (χ1n) is 8.00. The molecule has 1 aromatic carbocycles. The summed E-state index contributed by atoms with van der Waals surface area (Å²) in [6.07, 6.45) is 1.08. The van der Waals surface area contributed by atoms with Crippen LogP contribution in [0.5, 0.6) is 0 Å². The lowest BCUT2D eigenvalue weighted by Crippen LogP contribution is -2.25. The first-order valence-corrected chi connectivity index (χ1v) is 9.67. The molecule has 0 amide bonds. The quantitative estimate of drug-likeness (QED) is 0.644. The molecule has 0 aliphatic heterocycles. The number of hydrogen-bond donors (Lipinski definition) is 1. The van der Waals surface area contributed by atoms with Gasteiger partial charge in [-0.2, -0.15) is 0 Å². The summed E-state index contributed by atoms with van der Waals surface area (Å²) in [6.45, 7) is 2.32. The third-order valence-corrected chi connectivity index (χ3v) is 5.42. The first kappa shape index (κ1) is 17.8. The number of halogens is 1. The van der Waals surface area contributed by atoms with Gasteiger partial charge in [-0.25, -0.2) is 4.98 Å². The number of hydrogen-bond acceptors (Lipinski definition) is 4. The van der Waals surface area contributed by atoms with E-state index in [9.17, 15) is 9.59 Å². The van der Waals surface area contributed by atoms with Gasteiger partial charge in [0.1, 0.15) is 10.7 Å². The third-order valence-electron chi connectivity index (χ3n) is 4.02. The van der Waals surface area contributed by atoms with Crippen LogP contribution in [0.3, 0.4) is 0 Å². The molecule has 0 bridgehead atoms. The molecule has 0 aliphatic carbocycles. The Labute approximate surface area is 157 Å². The topological polar surface area (TPSA) is 72.2 Å². The van der Waals surface area contributed by atoms with E-state index >= 15 is 0 Å². The molecule has 0 radical (unpaired) electrons. The predicted molar refractivity (Wildman–Crippen MR) is 103 cm³/mol. The highest BCUT2D eigenvalue weighted by atomic mass is 79.9. The average Bonchev–Trinajstić information content (AvgIpc) is 3.01. The smallest absolute Gasteiger partial charge is 0.303 e. The summed E-state index contributed by atoms with van der Waals surface area (Å²) in [7, 11) is 0. The maximum Gasteiger partial charge on any atom is 0.303 e. The molecular formula is C18H17BrN2O3S. The zero-order chi connectivity index (χ0) is 18.0. The molecule has 2 heterocycles. The van der Waals surface area contributed by atoms with E-state index in [4.69, 9.17) is 5.11 Å². The van der Waals surface area contributed by atoms with Gasteiger partial charge in [0.2, 0.25) is 0 Å². The van der Waals surface area contributed by atoms with Crippen LogP contribution in [-0.2, 0) is 17.8 Å². The third kappa shape index (κ3) is 3.67. The molecule has 130 valence electrons. The van der Waals surface area contributed by atoms with E-state index in [-0.39, 0.29) is 12.0 Å². The van der Waals surface area contributed by atoms with Crippen molar-refractivity contribution in [3.05, 3.63) is 50.3 Å². The van der Waals surface area contributed by atoms with Gasteiger partial charge < -0.3 is 5.11 Å². The Morgan fingerprint density at radius 2 is 2.04 bits per heavy atom. The summed E-state index contributed by atoms with van der Waals surface area (Å²) in [5.74, 6) is -0.154. The fourth-order valence-corrected chi connectivity index (χ4v) is 4.02. The van der Waals surface area contributed by atoms with Crippen molar-refractivity contribution < 1.29 is 9.90 Å². The number of aromatic nitrogens is 2. The minimum atomic E-state index is -0.855. The predicted octanol–water partition coefficient (Wildman–Crippen LogP) is 4.31. The normalized spacial score (nSPS) is 11.1. The maximum absolute atomic E-state index is 13.1. The molecule has 2 aromatic heterocycles. The van der Waals surface area contributed by atoms with Gasteiger partial charge in [0, 0.05) is 34.8 Å². The average molecular weight is 421 g/mol. The van der Waals surface area contributed by atoms with Gasteiger partial charge in [0.25, 0.3) is 5.56 Å². The molecule has 0 aliphatic rings. The molecule has 0 atom stereocenters. The number of thiophene rings is 1. The Morgan fingerprint density at radius 3 is 2.68 bits per heavy atom. The van der Waals surface area contributed by atoms with E-state index in [1.165, 1.54) is 11.3 Å². The van der Waals surface area contributed by atoms with Crippen LogP contribution < -0.4 is 5.56 Å². The molecule has 3 rings (SSSR count). The minimum absolute atomic E-state index is 0.0385. The van der Waals surface area contributed by atoms with Crippen molar-refractivity contribution in [2.45, 2.75) is 32.7 Å². The largest absolute Gasteiger partial charge is 0.481 e. The number of carboxylic acids is 1. The summed E-state index contributed by atoms with van der Waals surface area (Å²) in [5.41, 5.74) is 1.75. The van der Waals surface area contributed by atoms with Gasteiger partial charge >= 0.3 is 5.97 Å². The van der Waals surface area contributed by atoms with Gasteiger partial charge in [-0.1, -0.05) is 35.0 Å². The van der Waals surface area contributed by atoms with E-state index in [1.807, 2.05) is 36.6 Å². The molecule has 25 heavy (non-hydrogen) atoms. The van der Waals surface area contributed by atoms with Crippen molar-refractivity contribution in [1.82, 2.24) is 9.55 Å². The number of benzene rings is 1. The van der Waals surface area contributed by atoms with Crippen molar-refractivity contribution in [2.75, 3.05) is 0 Å². The fraction of sp³-hybridized carbons (Fsp3) is 0.278. The van der Waals surface area contributed by atoms with Crippen LogP contribution in [0.4, 0.5) is 0 Å². The number of aliphatic carboxylic acids is 1. The molecule has 0 fully saturated rings. The standard InChI is InChI=1S/C18H17BrN2O3S/c1-2-14-20-17-16(18(24)21(14)9-3-4-15(22)23)13(10-25-17)11-5-7-12(19)8-6-11/h5-8,10H,2-4,9H2,1H3,(H,22,23). The van der Waals surface area contributed by atoms with Crippen molar-refractivity contribution in [3.63, 3.8) is 0 Å². The van der Waals surface area contributed by atoms with E-state index in [1.54, 1.807) is 4.57 Å². The van der Waals surface area contributed by atoms with Gasteiger partial charge in [-0.15, -0.1) is 11.3 Å². The van der Waals surface area contributed by atoms with E-state index in [0.29, 0.717) is 30.6 Å². The van der Waals surface area contributed by atoms with Crippen molar-refractivity contribution in [1.29, 1.82) is 0 Å². The number of carboxylic acid groups (broad SMARTS) is 1. The second-order valence-corrected chi connectivity index (χ2v) is 7.45. The summed E-state index contributed by atoms with van der Waals surface area (Å²) < 4.78 is 2.61. The highest BCUT2D eigenvalue weighted by Crippen LogP contribution is 2.31. The zero-order valence-corrected chi connectivity index (χ0v) is 16.1. The molecule has 0 saturated heterocycles. The second kappa shape index (κ2) is 7.49. The van der Waals surface area contributed by atoms with Gasteiger partial charge in [0.15, 0.2) is 0 Å². The number of nitrogens with zero attached hydrogens (tertiary/aromatic N) is 2. The Morgan fingerprint density at radius 1 is 1.32 bits per heavy atom. The second-order valence-electron chi connectivity index (χ2n) is 5.67. The van der Waals surface area contributed by atoms with Gasteiger partial charge in [-0.05, 0) is 24.1 Å². The SMILES string of the molecule is CCc1nc2scc(-c3ccc(Br)cc3)c2c(=O)n1CCCC(=O)O. The molecule has 0 spiro atoms. The molecule has 5 nitrogen and oxygen atoms in total. The highest BCUT2D eigenvalue weighted by molar-refractivity contribution is 9.10. The Hall–Kier alpha value is -1.99. The maximum atomic E-state index is 13.1. The molecule has 0 saturated carbocycles. The molecular weight excluding hydrogens is 404 g/mol. The van der Waals surface area contributed by atoms with Crippen LogP contribution in [0.2, 0.25) is 0 Å². The molecule has 3 aromatic rings. The minimum Gasteiger partial charge on any atom is -0.481 e. The number of carbonyl (C=O) groups is 1. The lowest BCUT2D eigenvalue weighted by atomic mass is 10.1. The van der Waals surface area contributed by atoms with Crippen molar-refractivity contribution in [3.8, 4) is 11.1 Å². The molecule has 0 unspecified atom stereocenters. The van der Waals surface area contributed by atoms with Gasteiger partial charge in [0.05, 0.1) is 5.39 Å². The fourth-order valence-electron chi connectivity index (χ4n) is 2.80. The monoisotopic (exact) mass is 420 g/mol. The lowest BCUT2D eigenvalue weighted by molar-refractivity contribution is -0.137. The van der Waals surface area contributed by atoms with Crippen LogP contribution >= 0.6 is 27.3 Å². The van der Waals surface area contributed by atoms with E-state index < -0.39 is 5.97 Å². The Balaban J connectivity index is 2.11. The lowest BCUT2D eigenvalue weighted by Gasteiger charge is -2.11. The van der Waals surface area contributed by atoms with Gasteiger partial charge in [-0.3, -0.25) is 14.2 Å². The van der Waals surface area contributed by atoms with Crippen molar-refractivity contribution in [2.24, 2.45) is 0 Å². The van der Waals surface area contributed by atoms with Crippen LogP contribution in [0.25, 0.3) is 21.3 Å². The first-order chi connectivity index (χ1) is 12.0. The summed E-state index contributed by atoms with van der Waals surface area (Å²) in [6, 6.07) is 7.82. The number of aryl methyl sites for hydroxylation is 1. The van der Waals surface area contributed by atoms with Crippen LogP contribution in [-0.4, -0.2) is 20.6 Å². The van der Waals surface area contributed by atoms with Crippen LogP contribution in [0.15, 0.2) is 38.9 Å². The number of rotatable bonds is 6. The van der Waals surface area contributed by atoms with E-state index in [2.05, 4.69) is 20.9 Å². The highest BCUT2D eigenvalue weighted by Gasteiger charge is 2.16. The Kier molecular flexibility index (Phi) is 5.34. The van der Waals surface area contributed by atoms with Crippen LogP contribution in [0.1, 0.15) is 25.6 Å². The summed E-state index contributed by atoms with van der Waals surface area (Å²) >= 11 is 4.88. The Bertz CT molecular complexity index is 976. The summed E-state index contributed by atoms with van der Waals surface area (Å²) in [5, 5.41) is 11.4. The number of fused-ring (bicyclic) bond motifs is 1.